The van der Waals surface area contributed by atoms with Gasteiger partial charge in [0.2, 0.25) is 0 Å². The van der Waals surface area contributed by atoms with Crippen molar-refractivity contribution in [3.05, 3.63) is 194 Å². The van der Waals surface area contributed by atoms with Crippen LogP contribution in [0.25, 0.3) is 77.0 Å². The number of nitrogens with zero attached hydrogens (tertiary/aromatic N) is 2. The van der Waals surface area contributed by atoms with E-state index in [4.69, 9.17) is 9.40 Å². The van der Waals surface area contributed by atoms with E-state index in [2.05, 4.69) is 181 Å². The fraction of sp³-hybridized carbons (Fsp3) is 0. The average Bonchev–Trinajstić information content (AvgIpc) is 3.61. The van der Waals surface area contributed by atoms with Gasteiger partial charge in [-0.1, -0.05) is 133 Å². The highest BCUT2D eigenvalue weighted by atomic mass is 16.3. The van der Waals surface area contributed by atoms with E-state index in [9.17, 15) is 0 Å². The van der Waals surface area contributed by atoms with Gasteiger partial charge in [-0.25, -0.2) is 0 Å². The summed E-state index contributed by atoms with van der Waals surface area (Å²) < 4.78 is 6.44. The predicted octanol–water partition coefficient (Wildman–Crippen LogP) is 13.8. The lowest BCUT2D eigenvalue weighted by Gasteiger charge is -2.26. The van der Waals surface area contributed by atoms with Crippen LogP contribution < -0.4 is 4.90 Å². The molecule has 244 valence electrons. The Hall–Kier alpha value is -6.97. The van der Waals surface area contributed by atoms with E-state index in [1.54, 1.807) is 0 Å². The molecule has 3 nitrogen and oxygen atoms in total. The molecule has 0 atom stereocenters. The minimum atomic E-state index is 0.913. The second kappa shape index (κ2) is 12.4. The normalized spacial score (nSPS) is 11.5. The molecule has 0 saturated carbocycles. The summed E-state index contributed by atoms with van der Waals surface area (Å²) >= 11 is 0. The Morgan fingerprint density at radius 1 is 0.385 bits per heavy atom. The van der Waals surface area contributed by atoms with Crippen molar-refractivity contribution in [2.75, 3.05) is 4.90 Å². The highest BCUT2D eigenvalue weighted by Gasteiger charge is 2.16. The molecule has 0 saturated heterocycles. The molecule has 0 amide bonds. The van der Waals surface area contributed by atoms with E-state index in [-0.39, 0.29) is 0 Å². The lowest BCUT2D eigenvalue weighted by atomic mass is 9.97. The van der Waals surface area contributed by atoms with Crippen LogP contribution in [0.4, 0.5) is 17.1 Å². The molecule has 0 spiro atoms. The van der Waals surface area contributed by atoms with E-state index in [0.717, 1.165) is 61.0 Å². The van der Waals surface area contributed by atoms with Crippen LogP contribution in [0.1, 0.15) is 0 Å². The van der Waals surface area contributed by atoms with Crippen molar-refractivity contribution in [2.24, 2.45) is 0 Å². The van der Waals surface area contributed by atoms with Gasteiger partial charge in [-0.2, -0.15) is 0 Å². The molecule has 10 aromatic rings. The second-order valence-electron chi connectivity index (χ2n) is 13.2. The first-order valence-corrected chi connectivity index (χ1v) is 17.6. The molecule has 3 heteroatoms. The Labute approximate surface area is 301 Å². The highest BCUT2D eigenvalue weighted by molar-refractivity contribution is 6.23. The van der Waals surface area contributed by atoms with Gasteiger partial charge in [0.25, 0.3) is 0 Å². The summed E-state index contributed by atoms with van der Waals surface area (Å²) in [7, 11) is 0. The molecule has 0 fully saturated rings. The summed E-state index contributed by atoms with van der Waals surface area (Å²) in [6.45, 7) is 0. The number of fused-ring (bicyclic) bond motifs is 7. The second-order valence-corrected chi connectivity index (χ2v) is 13.2. The topological polar surface area (TPSA) is 29.3 Å². The van der Waals surface area contributed by atoms with Gasteiger partial charge in [-0.3, -0.25) is 4.98 Å². The molecule has 0 N–H and O–H groups in total. The molecule has 8 aromatic carbocycles. The number of hydrogen-bond acceptors (Lipinski definition) is 3. The molecular weight excluding hydrogens is 633 g/mol. The summed E-state index contributed by atoms with van der Waals surface area (Å²) in [5.41, 5.74) is 11.7. The molecule has 0 aliphatic carbocycles. The molecular formula is C49H32N2O. The minimum absolute atomic E-state index is 0.913. The molecule has 0 radical (unpaired) electrons. The van der Waals surface area contributed by atoms with Gasteiger partial charge in [0.05, 0.1) is 17.6 Å². The first-order chi connectivity index (χ1) is 25.8. The average molecular weight is 665 g/mol. The minimum Gasteiger partial charge on any atom is -0.455 e. The quantitative estimate of drug-likeness (QED) is 0.166. The Kier molecular flexibility index (Phi) is 7.14. The molecule has 0 aliphatic rings. The third kappa shape index (κ3) is 5.19. The molecule has 2 aromatic heterocycles. The first-order valence-electron chi connectivity index (χ1n) is 17.6. The zero-order chi connectivity index (χ0) is 34.4. The maximum absolute atomic E-state index is 6.44. The number of furan rings is 1. The van der Waals surface area contributed by atoms with Gasteiger partial charge in [0, 0.05) is 33.1 Å². The lowest BCUT2D eigenvalue weighted by molar-refractivity contribution is 0.673. The van der Waals surface area contributed by atoms with Crippen LogP contribution in [0, 0.1) is 0 Å². The molecule has 0 bridgehead atoms. The zero-order valence-corrected chi connectivity index (χ0v) is 28.3. The van der Waals surface area contributed by atoms with Crippen LogP contribution in [0.2, 0.25) is 0 Å². The number of hydrogen-bond donors (Lipinski definition) is 0. The van der Waals surface area contributed by atoms with Crippen LogP contribution in [0.5, 0.6) is 0 Å². The van der Waals surface area contributed by atoms with Crippen LogP contribution in [-0.4, -0.2) is 4.98 Å². The third-order valence-electron chi connectivity index (χ3n) is 10.1. The summed E-state index contributed by atoms with van der Waals surface area (Å²) in [6, 6.07) is 66.4. The zero-order valence-electron chi connectivity index (χ0n) is 28.3. The summed E-state index contributed by atoms with van der Waals surface area (Å²) in [5, 5.41) is 6.93. The summed E-state index contributed by atoms with van der Waals surface area (Å²) in [5.74, 6) is 0. The summed E-state index contributed by atoms with van der Waals surface area (Å²) in [4.78, 5) is 7.31. The number of anilines is 3. The predicted molar refractivity (Wildman–Crippen MR) is 218 cm³/mol. The Morgan fingerprint density at radius 3 is 1.58 bits per heavy atom. The molecule has 52 heavy (non-hydrogen) atoms. The number of pyridine rings is 1. The summed E-state index contributed by atoms with van der Waals surface area (Å²) in [6.07, 6.45) is 1.98. The maximum atomic E-state index is 6.44. The monoisotopic (exact) mass is 664 g/mol. The van der Waals surface area contributed by atoms with Crippen LogP contribution >= 0.6 is 0 Å². The van der Waals surface area contributed by atoms with E-state index in [1.807, 2.05) is 18.3 Å². The number of aromatic nitrogens is 1. The number of benzene rings is 8. The van der Waals surface area contributed by atoms with E-state index in [0.29, 0.717) is 0 Å². The van der Waals surface area contributed by atoms with Crippen molar-refractivity contribution >= 4 is 60.5 Å². The van der Waals surface area contributed by atoms with Crippen molar-refractivity contribution < 1.29 is 4.42 Å². The Morgan fingerprint density at radius 2 is 0.923 bits per heavy atom. The first kappa shape index (κ1) is 29.9. The third-order valence-corrected chi connectivity index (χ3v) is 10.1. The molecule has 0 aliphatic heterocycles. The standard InChI is InChI=1S/C49H32N2O/c1-3-9-33(10-4-1)35-17-23-40(24-18-35)51(41-25-19-36(20-26-41)34-11-5-2-6-12-34)42-27-30-46(50-32-42)39-22-28-43-38(31-39)16-15-37-21-29-45-44-13-7-8-14-47(44)52-49(45)48(37)43/h1-32H. The van der Waals surface area contributed by atoms with Crippen molar-refractivity contribution in [2.45, 2.75) is 0 Å². The van der Waals surface area contributed by atoms with Gasteiger partial charge in [-0.15, -0.1) is 0 Å². The van der Waals surface area contributed by atoms with E-state index in [1.165, 1.54) is 33.0 Å². The smallest absolute Gasteiger partial charge is 0.143 e. The molecule has 10 rings (SSSR count). The van der Waals surface area contributed by atoms with E-state index >= 15 is 0 Å². The van der Waals surface area contributed by atoms with Crippen molar-refractivity contribution in [1.29, 1.82) is 0 Å². The Balaban J connectivity index is 1.03. The van der Waals surface area contributed by atoms with Crippen molar-refractivity contribution in [3.63, 3.8) is 0 Å². The van der Waals surface area contributed by atoms with Crippen LogP contribution in [0.3, 0.4) is 0 Å². The van der Waals surface area contributed by atoms with Gasteiger partial charge < -0.3 is 9.32 Å². The Bertz CT molecular complexity index is 2780. The molecule has 0 unspecified atom stereocenters. The van der Waals surface area contributed by atoms with Gasteiger partial charge in [0.1, 0.15) is 11.2 Å². The highest BCUT2D eigenvalue weighted by Crippen LogP contribution is 2.40. The lowest BCUT2D eigenvalue weighted by Crippen LogP contribution is -2.10. The van der Waals surface area contributed by atoms with Gasteiger partial charge >= 0.3 is 0 Å². The largest absolute Gasteiger partial charge is 0.455 e. The number of para-hydroxylation sites is 1. The SMILES string of the molecule is c1ccc(-c2ccc(N(c3ccc(-c4ccccc4)cc3)c3ccc(-c4ccc5c(ccc6ccc7c8ccccc8oc7c65)c4)nc3)cc2)cc1. The maximum Gasteiger partial charge on any atom is 0.143 e. The van der Waals surface area contributed by atoms with Crippen LogP contribution in [0.15, 0.2) is 199 Å². The molecule has 2 heterocycles. The van der Waals surface area contributed by atoms with Gasteiger partial charge in [-0.05, 0) is 93.0 Å². The van der Waals surface area contributed by atoms with Gasteiger partial charge in [0.15, 0.2) is 0 Å². The van der Waals surface area contributed by atoms with E-state index < -0.39 is 0 Å². The van der Waals surface area contributed by atoms with Crippen LogP contribution in [-0.2, 0) is 0 Å². The van der Waals surface area contributed by atoms with Crippen molar-refractivity contribution in [3.8, 4) is 33.5 Å². The fourth-order valence-corrected chi connectivity index (χ4v) is 7.49. The van der Waals surface area contributed by atoms with Crippen molar-refractivity contribution in [1.82, 2.24) is 4.98 Å². The fourth-order valence-electron chi connectivity index (χ4n) is 7.49. The number of rotatable bonds is 6.